The fourth-order valence-corrected chi connectivity index (χ4v) is 1.11. The highest BCUT2D eigenvalue weighted by Gasteiger charge is 1.93. The maximum atomic E-state index is 10.4. The Morgan fingerprint density at radius 3 is 2.82 bits per heavy atom. The molecule has 0 saturated carbocycles. The predicted molar refractivity (Wildman–Crippen MR) is 40.2 cm³/mol. The van der Waals surface area contributed by atoms with Gasteiger partial charge in [0.2, 0.25) is 0 Å². The van der Waals surface area contributed by atoms with Gasteiger partial charge in [0, 0.05) is 4.90 Å². The Hall–Kier alpha value is -0.870. The maximum Gasteiger partial charge on any atom is 0.120 e. The molecule has 0 amide bonds. The Labute approximate surface area is 67.3 Å². The highest BCUT2D eigenvalue weighted by molar-refractivity contribution is 7.79. The third-order valence-corrected chi connectivity index (χ3v) is 1.87. The molecule has 0 heterocycles. The third-order valence-electron chi connectivity index (χ3n) is 1.23. The van der Waals surface area contributed by atoms with E-state index in [0.717, 1.165) is 0 Å². The number of methoxy groups -OCH3 is 1. The van der Waals surface area contributed by atoms with Gasteiger partial charge in [-0.2, -0.15) is 0 Å². The Balaban J connectivity index is 3.01. The second-order valence-electron chi connectivity index (χ2n) is 1.91. The van der Waals surface area contributed by atoms with E-state index < -0.39 is 11.1 Å². The van der Waals surface area contributed by atoms with Crippen LogP contribution in [0, 0.1) is 0 Å². The predicted octanol–water partition coefficient (Wildman–Crippen LogP) is 0.933. The second-order valence-corrected chi connectivity index (χ2v) is 2.85. The van der Waals surface area contributed by atoms with Crippen LogP contribution in [0.15, 0.2) is 29.2 Å². The monoisotopic (exact) mass is 171 g/mol. The molecule has 0 aliphatic rings. The maximum absolute atomic E-state index is 10.4. The molecule has 0 aromatic heterocycles. The molecule has 0 aliphatic heterocycles. The normalized spacial score (nSPS) is 12.5. The van der Waals surface area contributed by atoms with E-state index in [2.05, 4.69) is 0 Å². The number of hydrogen-bond donors (Lipinski definition) is 0. The van der Waals surface area contributed by atoms with Crippen molar-refractivity contribution in [2.75, 3.05) is 7.11 Å². The third kappa shape index (κ3) is 2.03. The van der Waals surface area contributed by atoms with E-state index in [4.69, 9.17) is 4.74 Å². The van der Waals surface area contributed by atoms with E-state index in [0.29, 0.717) is 5.75 Å². The highest BCUT2D eigenvalue weighted by Crippen LogP contribution is 2.14. The number of rotatable bonds is 2. The van der Waals surface area contributed by atoms with Gasteiger partial charge < -0.3 is 9.29 Å². The first-order valence-corrected chi connectivity index (χ1v) is 4.05. The van der Waals surface area contributed by atoms with Gasteiger partial charge in [-0.15, -0.1) is 0 Å². The molecule has 0 fully saturated rings. The van der Waals surface area contributed by atoms with E-state index in [-0.39, 0.29) is 4.90 Å². The lowest BCUT2D eigenvalue weighted by atomic mass is 10.3. The minimum atomic E-state index is -2.17. The summed E-state index contributed by atoms with van der Waals surface area (Å²) in [5, 5.41) is 0. The van der Waals surface area contributed by atoms with Crippen LogP contribution in [0.4, 0.5) is 0 Å². The van der Waals surface area contributed by atoms with Crippen molar-refractivity contribution in [2.24, 2.45) is 0 Å². The van der Waals surface area contributed by atoms with Gasteiger partial charge in [0.05, 0.1) is 7.11 Å². The summed E-state index contributed by atoms with van der Waals surface area (Å²) in [5.74, 6) is 0.548. The molecular formula is C7H7O3S-. The van der Waals surface area contributed by atoms with Gasteiger partial charge in [0.1, 0.15) is 5.75 Å². The number of ether oxygens (including phenoxy) is 1. The van der Waals surface area contributed by atoms with Gasteiger partial charge >= 0.3 is 0 Å². The van der Waals surface area contributed by atoms with Gasteiger partial charge in [0.15, 0.2) is 0 Å². The Kier molecular flexibility index (Phi) is 2.62. The van der Waals surface area contributed by atoms with Crippen LogP contribution in [-0.4, -0.2) is 15.9 Å². The van der Waals surface area contributed by atoms with Gasteiger partial charge in [-0.3, -0.25) is 4.21 Å². The quantitative estimate of drug-likeness (QED) is 0.622. The summed E-state index contributed by atoms with van der Waals surface area (Å²) in [7, 11) is 1.49. The molecule has 0 N–H and O–H groups in total. The Morgan fingerprint density at radius 2 is 2.27 bits per heavy atom. The Bertz CT molecular complexity index is 272. The molecule has 1 rings (SSSR count). The van der Waals surface area contributed by atoms with Crippen molar-refractivity contribution < 1.29 is 13.5 Å². The molecule has 1 aromatic rings. The van der Waals surface area contributed by atoms with Crippen molar-refractivity contribution in [3.05, 3.63) is 24.3 Å². The number of benzene rings is 1. The van der Waals surface area contributed by atoms with Crippen LogP contribution < -0.4 is 4.74 Å². The summed E-state index contributed by atoms with van der Waals surface area (Å²) in [6, 6.07) is 6.29. The van der Waals surface area contributed by atoms with Crippen molar-refractivity contribution in [1.29, 1.82) is 0 Å². The zero-order valence-electron chi connectivity index (χ0n) is 5.94. The molecule has 11 heavy (non-hydrogen) atoms. The second kappa shape index (κ2) is 3.50. The summed E-state index contributed by atoms with van der Waals surface area (Å²) in [6.45, 7) is 0. The van der Waals surface area contributed by atoms with E-state index in [9.17, 15) is 8.76 Å². The molecule has 1 unspecified atom stereocenters. The van der Waals surface area contributed by atoms with E-state index >= 15 is 0 Å². The largest absolute Gasteiger partial charge is 0.768 e. The molecule has 60 valence electrons. The fourth-order valence-electron chi connectivity index (χ4n) is 0.705. The van der Waals surface area contributed by atoms with Crippen LogP contribution >= 0.6 is 0 Å². The molecule has 0 aliphatic carbocycles. The summed E-state index contributed by atoms with van der Waals surface area (Å²) in [6.07, 6.45) is 0. The lowest BCUT2D eigenvalue weighted by Crippen LogP contribution is -1.89. The van der Waals surface area contributed by atoms with Crippen molar-refractivity contribution in [2.45, 2.75) is 4.90 Å². The van der Waals surface area contributed by atoms with Crippen LogP contribution in [0.2, 0.25) is 0 Å². The molecule has 3 nitrogen and oxygen atoms in total. The van der Waals surface area contributed by atoms with Gasteiger partial charge in [-0.1, -0.05) is 6.07 Å². The van der Waals surface area contributed by atoms with Crippen molar-refractivity contribution in [3.63, 3.8) is 0 Å². The topological polar surface area (TPSA) is 49.4 Å². The molecule has 4 heteroatoms. The summed E-state index contributed by atoms with van der Waals surface area (Å²) >= 11 is -2.17. The molecule has 0 spiro atoms. The average Bonchev–Trinajstić information content (AvgIpc) is 2.05. The molecular weight excluding hydrogens is 164 g/mol. The molecule has 0 saturated heterocycles. The summed E-state index contributed by atoms with van der Waals surface area (Å²) in [5.41, 5.74) is 0. The minimum absolute atomic E-state index is 0.240. The van der Waals surface area contributed by atoms with E-state index in [1.54, 1.807) is 12.1 Å². The van der Waals surface area contributed by atoms with Gasteiger partial charge in [0.25, 0.3) is 0 Å². The lowest BCUT2D eigenvalue weighted by Gasteiger charge is -2.05. The van der Waals surface area contributed by atoms with Crippen LogP contribution in [0.3, 0.4) is 0 Å². The summed E-state index contributed by atoms with van der Waals surface area (Å²) in [4.78, 5) is 0.240. The van der Waals surface area contributed by atoms with Crippen molar-refractivity contribution >= 4 is 11.1 Å². The van der Waals surface area contributed by atoms with E-state index in [1.165, 1.54) is 19.2 Å². The van der Waals surface area contributed by atoms with Crippen LogP contribution in [0.25, 0.3) is 0 Å². The minimum Gasteiger partial charge on any atom is -0.768 e. The standard InChI is InChI=1S/C7H8O3S/c1-10-6-3-2-4-7(5-6)11(8)9/h2-5H,1H3,(H,8,9)/p-1. The number of hydrogen-bond acceptors (Lipinski definition) is 3. The molecule has 0 bridgehead atoms. The SMILES string of the molecule is COc1cccc(S(=O)[O-])c1. The van der Waals surface area contributed by atoms with Crippen molar-refractivity contribution in [1.82, 2.24) is 0 Å². The van der Waals surface area contributed by atoms with Gasteiger partial charge in [-0.05, 0) is 29.3 Å². The molecule has 1 aromatic carbocycles. The van der Waals surface area contributed by atoms with Crippen LogP contribution in [0.5, 0.6) is 5.75 Å². The first-order valence-electron chi connectivity index (χ1n) is 2.97. The first kappa shape index (κ1) is 8.23. The zero-order chi connectivity index (χ0) is 8.27. The average molecular weight is 171 g/mol. The zero-order valence-corrected chi connectivity index (χ0v) is 6.76. The van der Waals surface area contributed by atoms with E-state index in [1.807, 2.05) is 0 Å². The first-order chi connectivity index (χ1) is 5.24. The van der Waals surface area contributed by atoms with Gasteiger partial charge in [-0.25, -0.2) is 0 Å². The molecule has 0 radical (unpaired) electrons. The van der Waals surface area contributed by atoms with Crippen LogP contribution in [0.1, 0.15) is 0 Å². The lowest BCUT2D eigenvalue weighted by molar-refractivity contribution is 0.413. The highest BCUT2D eigenvalue weighted by atomic mass is 32.2. The summed E-state index contributed by atoms with van der Waals surface area (Å²) < 4.78 is 25.7. The van der Waals surface area contributed by atoms with Crippen LogP contribution in [-0.2, 0) is 11.1 Å². The molecule has 1 atom stereocenters. The smallest absolute Gasteiger partial charge is 0.120 e. The fraction of sp³-hybridized carbons (Fsp3) is 0.143. The Morgan fingerprint density at radius 1 is 1.55 bits per heavy atom. The van der Waals surface area contributed by atoms with Crippen molar-refractivity contribution in [3.8, 4) is 5.75 Å².